The van der Waals surface area contributed by atoms with Crippen molar-refractivity contribution >= 4 is 10.0 Å². The van der Waals surface area contributed by atoms with Gasteiger partial charge >= 0.3 is 0 Å². The first-order valence-corrected chi connectivity index (χ1v) is 7.36. The fraction of sp³-hybridized carbons (Fsp3) is 0.500. The van der Waals surface area contributed by atoms with Crippen molar-refractivity contribution in [3.05, 3.63) is 24.3 Å². The topological polar surface area (TPSA) is 81.4 Å². The Kier molecular flexibility index (Phi) is 5.58. The molecule has 0 amide bonds. The molecule has 0 fully saturated rings. The lowest BCUT2D eigenvalue weighted by atomic mass is 10.2. The van der Waals surface area contributed by atoms with Gasteiger partial charge in [-0.15, -0.1) is 0 Å². The van der Waals surface area contributed by atoms with E-state index in [2.05, 4.69) is 18.6 Å². The Labute approximate surface area is 108 Å². The van der Waals surface area contributed by atoms with Gasteiger partial charge in [0.15, 0.2) is 0 Å². The largest absolute Gasteiger partial charge is 0.493 e. The Bertz CT molecular complexity index is 455. The van der Waals surface area contributed by atoms with E-state index in [1.807, 2.05) is 0 Å². The number of hydrogen-bond acceptors (Lipinski definition) is 4. The Morgan fingerprint density at radius 3 is 2.39 bits per heavy atom. The molecule has 0 spiro atoms. The van der Waals surface area contributed by atoms with Gasteiger partial charge < -0.3 is 10.5 Å². The smallest absolute Gasteiger partial charge is 0.240 e. The van der Waals surface area contributed by atoms with E-state index in [4.69, 9.17) is 10.5 Å². The lowest BCUT2D eigenvalue weighted by Crippen LogP contribution is -2.29. The van der Waals surface area contributed by atoms with Crippen LogP contribution < -0.4 is 15.2 Å². The predicted octanol–water partition coefficient (Wildman–Crippen LogP) is 0.958. The second kappa shape index (κ2) is 6.72. The third-order valence-electron chi connectivity index (χ3n) is 2.15. The van der Waals surface area contributed by atoms with E-state index < -0.39 is 10.0 Å². The van der Waals surface area contributed by atoms with Crippen molar-refractivity contribution in [2.24, 2.45) is 11.7 Å². The molecule has 1 aromatic carbocycles. The minimum atomic E-state index is -3.46. The number of ether oxygens (including phenoxy) is 1. The van der Waals surface area contributed by atoms with E-state index in [9.17, 15) is 8.42 Å². The molecule has 0 aliphatic heterocycles. The second-order valence-electron chi connectivity index (χ2n) is 4.36. The molecule has 102 valence electrons. The number of nitrogens with two attached hydrogens (primary N) is 1. The maximum Gasteiger partial charge on any atom is 0.240 e. The molecule has 0 radical (unpaired) electrons. The third-order valence-corrected chi connectivity index (χ3v) is 3.63. The summed E-state index contributed by atoms with van der Waals surface area (Å²) in [5.41, 5.74) is 5.26. The van der Waals surface area contributed by atoms with Gasteiger partial charge in [0, 0.05) is 13.1 Å². The van der Waals surface area contributed by atoms with Crippen LogP contribution in [0.15, 0.2) is 29.2 Å². The van der Waals surface area contributed by atoms with Crippen molar-refractivity contribution in [2.45, 2.75) is 18.7 Å². The summed E-state index contributed by atoms with van der Waals surface area (Å²) in [6, 6.07) is 6.35. The summed E-state index contributed by atoms with van der Waals surface area (Å²) in [6.45, 7) is 5.21. The fourth-order valence-corrected chi connectivity index (χ4v) is 2.30. The molecule has 0 aliphatic carbocycles. The van der Waals surface area contributed by atoms with Gasteiger partial charge in [0.25, 0.3) is 0 Å². The van der Waals surface area contributed by atoms with Gasteiger partial charge in [-0.05, 0) is 30.2 Å². The first-order chi connectivity index (χ1) is 8.45. The molecule has 0 saturated heterocycles. The molecule has 5 nitrogen and oxygen atoms in total. The van der Waals surface area contributed by atoms with Crippen LogP contribution in [-0.2, 0) is 10.0 Å². The predicted molar refractivity (Wildman–Crippen MR) is 71.0 cm³/mol. The summed E-state index contributed by atoms with van der Waals surface area (Å²) in [4.78, 5) is 0.216. The third kappa shape index (κ3) is 4.64. The van der Waals surface area contributed by atoms with Crippen LogP contribution in [0.4, 0.5) is 0 Å². The standard InChI is InChI=1S/C12H20N2O3S/c1-10(2)9-17-11-3-5-12(6-4-11)18(15,16)14-8-7-13/h3-6,10,14H,7-9,13H2,1-2H3. The summed E-state index contributed by atoms with van der Waals surface area (Å²) in [7, 11) is -3.46. The van der Waals surface area contributed by atoms with Crippen LogP contribution in [0, 0.1) is 5.92 Å². The maximum absolute atomic E-state index is 11.8. The zero-order valence-electron chi connectivity index (χ0n) is 10.7. The van der Waals surface area contributed by atoms with Gasteiger partial charge in [-0.3, -0.25) is 0 Å². The first kappa shape index (κ1) is 14.9. The average Bonchev–Trinajstić information content (AvgIpc) is 2.34. The maximum atomic E-state index is 11.8. The van der Waals surface area contributed by atoms with E-state index in [1.165, 1.54) is 12.1 Å². The molecule has 0 aliphatic rings. The van der Waals surface area contributed by atoms with Gasteiger partial charge in [-0.1, -0.05) is 13.8 Å². The molecule has 0 aromatic heterocycles. The average molecular weight is 272 g/mol. The SMILES string of the molecule is CC(C)COc1ccc(S(=O)(=O)NCCN)cc1. The lowest BCUT2D eigenvalue weighted by molar-refractivity contribution is 0.271. The van der Waals surface area contributed by atoms with Crippen LogP contribution in [0.3, 0.4) is 0 Å². The normalized spacial score (nSPS) is 11.8. The van der Waals surface area contributed by atoms with Crippen molar-refractivity contribution in [2.75, 3.05) is 19.7 Å². The minimum Gasteiger partial charge on any atom is -0.493 e. The second-order valence-corrected chi connectivity index (χ2v) is 6.13. The van der Waals surface area contributed by atoms with Gasteiger partial charge in [-0.2, -0.15) is 0 Å². The Morgan fingerprint density at radius 2 is 1.89 bits per heavy atom. The van der Waals surface area contributed by atoms with E-state index in [-0.39, 0.29) is 18.0 Å². The Morgan fingerprint density at radius 1 is 1.28 bits per heavy atom. The molecule has 18 heavy (non-hydrogen) atoms. The van der Waals surface area contributed by atoms with Crippen molar-refractivity contribution in [3.8, 4) is 5.75 Å². The van der Waals surface area contributed by atoms with Crippen LogP contribution in [0.5, 0.6) is 5.75 Å². The van der Waals surface area contributed by atoms with Crippen molar-refractivity contribution < 1.29 is 13.2 Å². The highest BCUT2D eigenvalue weighted by Gasteiger charge is 2.12. The molecule has 1 aromatic rings. The van der Waals surface area contributed by atoms with Crippen molar-refractivity contribution in [1.82, 2.24) is 4.72 Å². The van der Waals surface area contributed by atoms with Crippen LogP contribution in [0.2, 0.25) is 0 Å². The minimum absolute atomic E-state index is 0.216. The van der Waals surface area contributed by atoms with E-state index in [1.54, 1.807) is 12.1 Å². The van der Waals surface area contributed by atoms with Crippen molar-refractivity contribution in [1.29, 1.82) is 0 Å². The lowest BCUT2D eigenvalue weighted by Gasteiger charge is -2.09. The quantitative estimate of drug-likeness (QED) is 0.774. The summed E-state index contributed by atoms with van der Waals surface area (Å²) in [5, 5.41) is 0. The van der Waals surface area contributed by atoms with Crippen LogP contribution >= 0.6 is 0 Å². The molecule has 3 N–H and O–H groups in total. The van der Waals surface area contributed by atoms with Crippen LogP contribution in [-0.4, -0.2) is 28.1 Å². The highest BCUT2D eigenvalue weighted by molar-refractivity contribution is 7.89. The molecule has 0 unspecified atom stereocenters. The summed E-state index contributed by atoms with van der Waals surface area (Å²) in [5.74, 6) is 1.10. The van der Waals surface area contributed by atoms with Crippen LogP contribution in [0.1, 0.15) is 13.8 Å². The van der Waals surface area contributed by atoms with E-state index in [0.717, 1.165) is 0 Å². The Hall–Kier alpha value is -1.11. The number of nitrogens with one attached hydrogen (secondary N) is 1. The van der Waals surface area contributed by atoms with Crippen LogP contribution in [0.25, 0.3) is 0 Å². The van der Waals surface area contributed by atoms with Gasteiger partial charge in [-0.25, -0.2) is 13.1 Å². The van der Waals surface area contributed by atoms with E-state index in [0.29, 0.717) is 18.3 Å². The van der Waals surface area contributed by atoms with Gasteiger partial charge in [0.1, 0.15) is 5.75 Å². The number of sulfonamides is 1. The zero-order valence-corrected chi connectivity index (χ0v) is 11.5. The van der Waals surface area contributed by atoms with E-state index >= 15 is 0 Å². The number of rotatable bonds is 7. The molecule has 1 rings (SSSR count). The molecule has 0 atom stereocenters. The molecular formula is C12H20N2O3S. The number of benzene rings is 1. The highest BCUT2D eigenvalue weighted by atomic mass is 32.2. The number of hydrogen-bond donors (Lipinski definition) is 2. The Balaban J connectivity index is 2.70. The molecule has 0 saturated carbocycles. The van der Waals surface area contributed by atoms with Gasteiger partial charge in [0.2, 0.25) is 10.0 Å². The zero-order chi connectivity index (χ0) is 13.6. The summed E-state index contributed by atoms with van der Waals surface area (Å²) >= 11 is 0. The monoisotopic (exact) mass is 272 g/mol. The molecule has 0 bridgehead atoms. The van der Waals surface area contributed by atoms with Gasteiger partial charge in [0.05, 0.1) is 11.5 Å². The molecular weight excluding hydrogens is 252 g/mol. The van der Waals surface area contributed by atoms with Crippen molar-refractivity contribution in [3.63, 3.8) is 0 Å². The summed E-state index contributed by atoms with van der Waals surface area (Å²) < 4.78 is 31.4. The first-order valence-electron chi connectivity index (χ1n) is 5.88. The fourth-order valence-electron chi connectivity index (χ4n) is 1.25. The summed E-state index contributed by atoms with van der Waals surface area (Å²) in [6.07, 6.45) is 0. The highest BCUT2D eigenvalue weighted by Crippen LogP contribution is 2.16. The molecule has 6 heteroatoms. The molecule has 0 heterocycles.